The van der Waals surface area contributed by atoms with E-state index in [0.717, 1.165) is 19.0 Å². The highest BCUT2D eigenvalue weighted by Crippen LogP contribution is 2.47. The van der Waals surface area contributed by atoms with Crippen LogP contribution in [0.25, 0.3) is 11.4 Å². The van der Waals surface area contributed by atoms with Gasteiger partial charge in [-0.1, -0.05) is 0 Å². The fourth-order valence-electron chi connectivity index (χ4n) is 4.41. The zero-order valence-corrected chi connectivity index (χ0v) is 18.3. The van der Waals surface area contributed by atoms with Crippen LogP contribution in [0.15, 0.2) is 43.0 Å². The van der Waals surface area contributed by atoms with Crippen LogP contribution in [0.1, 0.15) is 34.7 Å². The molecule has 0 bridgehead atoms. The molecule has 1 saturated heterocycles. The molecular formula is C23H22F3N7O. The number of piperidine rings is 1. The summed E-state index contributed by atoms with van der Waals surface area (Å²) in [5, 5.41) is 3.05. The lowest BCUT2D eigenvalue weighted by molar-refractivity contribution is -0.141. The summed E-state index contributed by atoms with van der Waals surface area (Å²) in [6.07, 6.45) is 2.32. The number of aromatic nitrogens is 5. The van der Waals surface area contributed by atoms with Crippen molar-refractivity contribution in [3.05, 3.63) is 60.1 Å². The summed E-state index contributed by atoms with van der Waals surface area (Å²) in [5.74, 6) is 1.46. The summed E-state index contributed by atoms with van der Waals surface area (Å²) >= 11 is 0. The number of nitrogens with zero attached hydrogens (tertiary/aromatic N) is 6. The van der Waals surface area contributed by atoms with Gasteiger partial charge in [0.25, 0.3) is 5.91 Å². The molecule has 1 aliphatic heterocycles. The molecule has 0 aromatic carbocycles. The molecule has 3 aromatic heterocycles. The van der Waals surface area contributed by atoms with E-state index in [1.807, 2.05) is 17.9 Å². The van der Waals surface area contributed by atoms with Crippen LogP contribution >= 0.6 is 0 Å². The van der Waals surface area contributed by atoms with Crippen LogP contribution < -0.4 is 5.32 Å². The van der Waals surface area contributed by atoms with Crippen LogP contribution in [0.5, 0.6) is 0 Å². The van der Waals surface area contributed by atoms with E-state index < -0.39 is 11.9 Å². The van der Waals surface area contributed by atoms with Crippen molar-refractivity contribution < 1.29 is 18.0 Å². The van der Waals surface area contributed by atoms with Crippen LogP contribution in [0.2, 0.25) is 0 Å². The van der Waals surface area contributed by atoms with Crippen LogP contribution in [0.4, 0.5) is 19.0 Å². The van der Waals surface area contributed by atoms with Crippen LogP contribution in [-0.2, 0) is 6.18 Å². The van der Waals surface area contributed by atoms with Gasteiger partial charge in [0.05, 0.1) is 18.0 Å². The second kappa shape index (κ2) is 8.62. The van der Waals surface area contributed by atoms with Crippen molar-refractivity contribution in [2.24, 2.45) is 11.8 Å². The van der Waals surface area contributed by atoms with Crippen molar-refractivity contribution in [3.8, 4) is 11.4 Å². The van der Waals surface area contributed by atoms with E-state index in [1.54, 1.807) is 24.5 Å². The molecule has 2 fully saturated rings. The van der Waals surface area contributed by atoms with Crippen molar-refractivity contribution in [3.63, 3.8) is 0 Å². The molecule has 3 atom stereocenters. The largest absolute Gasteiger partial charge is 0.434 e. The Morgan fingerprint density at radius 3 is 2.59 bits per heavy atom. The van der Waals surface area contributed by atoms with Gasteiger partial charge >= 0.3 is 6.18 Å². The molecule has 1 N–H and O–H groups in total. The summed E-state index contributed by atoms with van der Waals surface area (Å²) in [7, 11) is 0. The van der Waals surface area contributed by atoms with Crippen molar-refractivity contribution in [2.45, 2.75) is 32.0 Å². The number of pyridine rings is 1. The van der Waals surface area contributed by atoms with Crippen molar-refractivity contribution in [2.75, 3.05) is 18.4 Å². The smallest absolute Gasteiger partial charge is 0.367 e. The highest BCUT2D eigenvalue weighted by molar-refractivity contribution is 5.98. The Hall–Kier alpha value is -3.63. The molecule has 34 heavy (non-hydrogen) atoms. The second-order valence-electron chi connectivity index (χ2n) is 8.69. The van der Waals surface area contributed by atoms with Crippen molar-refractivity contribution >= 4 is 11.7 Å². The van der Waals surface area contributed by atoms with Gasteiger partial charge in [-0.2, -0.15) is 13.2 Å². The predicted molar refractivity (Wildman–Crippen MR) is 117 cm³/mol. The summed E-state index contributed by atoms with van der Waals surface area (Å²) in [4.78, 5) is 35.9. The lowest BCUT2D eigenvalue weighted by atomic mass is 10.00. The van der Waals surface area contributed by atoms with Crippen LogP contribution in [0.3, 0.4) is 0 Å². The topological polar surface area (TPSA) is 96.8 Å². The highest BCUT2D eigenvalue weighted by Gasteiger charge is 2.47. The van der Waals surface area contributed by atoms with Crippen LogP contribution in [0, 0.1) is 18.8 Å². The minimum atomic E-state index is -4.54. The summed E-state index contributed by atoms with van der Waals surface area (Å²) in [6.45, 7) is 2.78. The molecule has 1 saturated carbocycles. The third kappa shape index (κ3) is 4.55. The average Bonchev–Trinajstić information content (AvgIpc) is 3.60. The lowest BCUT2D eigenvalue weighted by Gasteiger charge is -2.35. The molecule has 8 nitrogen and oxygen atoms in total. The Labute approximate surface area is 193 Å². The predicted octanol–water partition coefficient (Wildman–Crippen LogP) is 3.62. The molecule has 1 amide bonds. The van der Waals surface area contributed by atoms with E-state index in [2.05, 4.69) is 30.2 Å². The van der Waals surface area contributed by atoms with E-state index in [4.69, 9.17) is 0 Å². The molecule has 1 aliphatic carbocycles. The number of carbonyl (C=O) groups excluding carboxylic acids is 1. The minimum Gasteiger partial charge on any atom is -0.367 e. The molecule has 176 valence electrons. The molecule has 3 aromatic rings. The van der Waals surface area contributed by atoms with E-state index in [1.165, 1.54) is 0 Å². The fraction of sp³-hybridized carbons (Fsp3) is 0.391. The fourth-order valence-corrected chi connectivity index (χ4v) is 4.41. The number of amides is 1. The molecule has 0 spiro atoms. The first-order valence-corrected chi connectivity index (χ1v) is 11.0. The van der Waals surface area contributed by atoms with Gasteiger partial charge in [0.2, 0.25) is 0 Å². The number of fused-ring (bicyclic) bond motifs is 1. The molecule has 2 aliphatic rings. The first kappa shape index (κ1) is 22.2. The van der Waals surface area contributed by atoms with E-state index in [-0.39, 0.29) is 17.8 Å². The molecule has 5 rings (SSSR count). The van der Waals surface area contributed by atoms with Crippen molar-refractivity contribution in [1.82, 2.24) is 29.8 Å². The maximum atomic E-state index is 13.7. The Bertz CT molecular complexity index is 1190. The first-order chi connectivity index (χ1) is 16.3. The summed E-state index contributed by atoms with van der Waals surface area (Å²) in [6, 6.07) is 5.17. The monoisotopic (exact) mass is 469 g/mol. The van der Waals surface area contributed by atoms with Gasteiger partial charge in [0.1, 0.15) is 11.5 Å². The lowest BCUT2D eigenvalue weighted by Crippen LogP contribution is -2.48. The average molecular weight is 469 g/mol. The van der Waals surface area contributed by atoms with E-state index >= 15 is 0 Å². The normalized spacial score (nSPS) is 21.6. The highest BCUT2D eigenvalue weighted by atomic mass is 19.4. The van der Waals surface area contributed by atoms with Gasteiger partial charge in [-0.3, -0.25) is 4.79 Å². The molecule has 0 unspecified atom stereocenters. The van der Waals surface area contributed by atoms with Gasteiger partial charge in [-0.25, -0.2) is 24.9 Å². The zero-order valence-electron chi connectivity index (χ0n) is 18.3. The SMILES string of the molecule is Cc1ccc(-c2ncccn2)c(C(=O)N2C[C@@H]3C[C@@H]3C[C@H]2CNc2cnc(C(F)(F)F)cn2)n1. The molecular weight excluding hydrogens is 447 g/mol. The number of hydrogen-bond acceptors (Lipinski definition) is 7. The van der Waals surface area contributed by atoms with Gasteiger partial charge in [0, 0.05) is 37.2 Å². The van der Waals surface area contributed by atoms with Gasteiger partial charge in [0.15, 0.2) is 11.5 Å². The van der Waals surface area contributed by atoms with Crippen LogP contribution in [-0.4, -0.2) is 54.9 Å². The Morgan fingerprint density at radius 1 is 1.09 bits per heavy atom. The zero-order chi connectivity index (χ0) is 23.9. The second-order valence-corrected chi connectivity index (χ2v) is 8.69. The minimum absolute atomic E-state index is 0.160. The summed E-state index contributed by atoms with van der Waals surface area (Å²) < 4.78 is 38.2. The molecule has 4 heterocycles. The number of nitrogens with one attached hydrogen (secondary N) is 1. The number of halogens is 3. The quantitative estimate of drug-likeness (QED) is 0.610. The van der Waals surface area contributed by atoms with Gasteiger partial charge in [-0.15, -0.1) is 0 Å². The van der Waals surface area contributed by atoms with Crippen molar-refractivity contribution in [1.29, 1.82) is 0 Å². The number of carbonyl (C=O) groups is 1. The van der Waals surface area contributed by atoms with E-state index in [0.29, 0.717) is 53.9 Å². The summed E-state index contributed by atoms with van der Waals surface area (Å²) in [5.41, 5.74) is 0.521. The third-order valence-electron chi connectivity index (χ3n) is 6.28. The Kier molecular flexibility index (Phi) is 5.62. The van der Waals surface area contributed by atoms with Gasteiger partial charge in [-0.05, 0) is 49.8 Å². The molecule has 11 heteroatoms. The molecule has 0 radical (unpaired) electrons. The standard InChI is InChI=1S/C23H22F3N7O/c1-13-3-4-17(21-27-5-2-6-28-21)20(32-13)22(34)33-12-15-7-14(15)8-16(33)9-30-19-11-29-18(10-31-19)23(24,25)26/h2-6,10-11,14-16H,7-9,12H2,1H3,(H,30,31)/t14-,15+,16+/m1/s1. The Morgan fingerprint density at radius 2 is 1.88 bits per heavy atom. The van der Waals surface area contributed by atoms with Gasteiger partial charge < -0.3 is 10.2 Å². The number of alkyl halides is 3. The maximum absolute atomic E-state index is 13.7. The third-order valence-corrected chi connectivity index (χ3v) is 6.28. The number of anilines is 1. The maximum Gasteiger partial charge on any atom is 0.434 e. The number of rotatable bonds is 5. The number of aryl methyl sites for hydroxylation is 1. The number of hydrogen-bond donors (Lipinski definition) is 1. The van der Waals surface area contributed by atoms with E-state index in [9.17, 15) is 18.0 Å². The first-order valence-electron chi connectivity index (χ1n) is 11.0. The Balaban J connectivity index is 1.37. The number of likely N-dealkylation sites (tertiary alicyclic amines) is 1.